The predicted octanol–water partition coefficient (Wildman–Crippen LogP) is 3.41. The van der Waals surface area contributed by atoms with E-state index in [9.17, 15) is 4.79 Å². The van der Waals surface area contributed by atoms with Crippen LogP contribution in [0.1, 0.15) is 10.4 Å². The molecule has 4 heteroatoms. The van der Waals surface area contributed by atoms with Crippen molar-refractivity contribution in [2.24, 2.45) is 7.05 Å². The van der Waals surface area contributed by atoms with Crippen LogP contribution in [0.15, 0.2) is 22.8 Å². The second-order valence-electron chi connectivity index (χ2n) is 3.04. The molecule has 0 amide bonds. The third-order valence-electron chi connectivity index (χ3n) is 2.25. The van der Waals surface area contributed by atoms with Crippen molar-refractivity contribution in [1.82, 2.24) is 4.57 Å². The molecule has 2 aromatic rings. The van der Waals surface area contributed by atoms with Gasteiger partial charge < -0.3 is 4.57 Å². The van der Waals surface area contributed by atoms with Crippen molar-refractivity contribution in [3.63, 3.8) is 0 Å². The van der Waals surface area contributed by atoms with Gasteiger partial charge in [0.1, 0.15) is 0 Å². The normalized spacial score (nSPS) is 10.8. The molecule has 0 aliphatic rings. The Morgan fingerprint density at radius 1 is 1.50 bits per heavy atom. The highest BCUT2D eigenvalue weighted by molar-refractivity contribution is 9.10. The molecule has 0 fully saturated rings. The number of halogens is 2. The van der Waals surface area contributed by atoms with Crippen LogP contribution in [0.25, 0.3) is 10.9 Å². The SMILES string of the molecule is Cn1c(Br)c(C=O)c2ccc(Cl)cc21. The smallest absolute Gasteiger partial charge is 0.153 e. The topological polar surface area (TPSA) is 22.0 Å². The Bertz CT molecular complexity index is 518. The van der Waals surface area contributed by atoms with E-state index in [1.807, 2.05) is 23.7 Å². The molecule has 0 unspecified atom stereocenters. The second-order valence-corrected chi connectivity index (χ2v) is 4.23. The van der Waals surface area contributed by atoms with Crippen LogP contribution in [-0.4, -0.2) is 10.9 Å². The van der Waals surface area contributed by atoms with Gasteiger partial charge in [-0.05, 0) is 28.1 Å². The third-order valence-corrected chi connectivity index (χ3v) is 3.44. The second kappa shape index (κ2) is 3.41. The molecule has 0 atom stereocenters. The number of aromatic nitrogens is 1. The van der Waals surface area contributed by atoms with Crippen LogP contribution in [0, 0.1) is 0 Å². The zero-order valence-corrected chi connectivity index (χ0v) is 9.76. The molecule has 1 heterocycles. The van der Waals surface area contributed by atoms with Gasteiger partial charge in [-0.25, -0.2) is 0 Å². The standard InChI is InChI=1S/C10H7BrClNO/c1-13-9-4-6(12)2-3-7(9)8(5-14)10(13)11/h2-5H,1H3. The van der Waals surface area contributed by atoms with E-state index < -0.39 is 0 Å². The van der Waals surface area contributed by atoms with E-state index in [4.69, 9.17) is 11.6 Å². The number of nitrogens with zero attached hydrogens (tertiary/aromatic N) is 1. The van der Waals surface area contributed by atoms with Gasteiger partial charge >= 0.3 is 0 Å². The summed E-state index contributed by atoms with van der Waals surface area (Å²) >= 11 is 9.25. The molecule has 0 aliphatic heterocycles. The summed E-state index contributed by atoms with van der Waals surface area (Å²) in [4.78, 5) is 10.9. The molecule has 1 aromatic carbocycles. The molecule has 2 nitrogen and oxygen atoms in total. The highest BCUT2D eigenvalue weighted by atomic mass is 79.9. The monoisotopic (exact) mass is 271 g/mol. The zero-order valence-electron chi connectivity index (χ0n) is 7.42. The van der Waals surface area contributed by atoms with Crippen LogP contribution in [0.5, 0.6) is 0 Å². The summed E-state index contributed by atoms with van der Waals surface area (Å²) in [6.45, 7) is 0. The van der Waals surface area contributed by atoms with Crippen LogP contribution in [0.3, 0.4) is 0 Å². The van der Waals surface area contributed by atoms with Crippen molar-refractivity contribution in [3.8, 4) is 0 Å². The fourth-order valence-electron chi connectivity index (χ4n) is 1.52. The highest BCUT2D eigenvalue weighted by Crippen LogP contribution is 2.29. The fraction of sp³-hybridized carbons (Fsp3) is 0.100. The van der Waals surface area contributed by atoms with Crippen LogP contribution in [0.4, 0.5) is 0 Å². The lowest BCUT2D eigenvalue weighted by Crippen LogP contribution is -1.87. The summed E-state index contributed by atoms with van der Waals surface area (Å²) in [5.74, 6) is 0. The van der Waals surface area contributed by atoms with Gasteiger partial charge in [0.25, 0.3) is 0 Å². The fourth-order valence-corrected chi connectivity index (χ4v) is 2.18. The lowest BCUT2D eigenvalue weighted by molar-refractivity contribution is 0.112. The molecule has 72 valence electrons. The summed E-state index contributed by atoms with van der Waals surface area (Å²) in [7, 11) is 1.88. The molecule has 0 saturated carbocycles. The third kappa shape index (κ3) is 1.28. The van der Waals surface area contributed by atoms with E-state index in [2.05, 4.69) is 15.9 Å². The van der Waals surface area contributed by atoms with Gasteiger partial charge in [0, 0.05) is 17.5 Å². The van der Waals surface area contributed by atoms with Crippen LogP contribution in [0.2, 0.25) is 5.02 Å². The molecule has 14 heavy (non-hydrogen) atoms. The lowest BCUT2D eigenvalue weighted by Gasteiger charge is -1.96. The van der Waals surface area contributed by atoms with E-state index in [-0.39, 0.29) is 0 Å². The minimum absolute atomic E-state index is 0.666. The number of rotatable bonds is 1. The van der Waals surface area contributed by atoms with E-state index in [1.165, 1.54) is 0 Å². The van der Waals surface area contributed by atoms with Crippen molar-refractivity contribution in [3.05, 3.63) is 33.4 Å². The number of hydrogen-bond donors (Lipinski definition) is 0. The molecule has 0 saturated heterocycles. The van der Waals surface area contributed by atoms with Gasteiger partial charge in [-0.3, -0.25) is 4.79 Å². The Morgan fingerprint density at radius 3 is 2.86 bits per heavy atom. The molecule has 0 spiro atoms. The van der Waals surface area contributed by atoms with E-state index in [1.54, 1.807) is 6.07 Å². The van der Waals surface area contributed by atoms with Crippen molar-refractivity contribution >= 4 is 44.7 Å². The first kappa shape index (κ1) is 9.74. The average molecular weight is 273 g/mol. The summed E-state index contributed by atoms with van der Waals surface area (Å²) < 4.78 is 2.68. The molecule has 0 aliphatic carbocycles. The van der Waals surface area contributed by atoms with Gasteiger partial charge in [0.05, 0.1) is 15.7 Å². The first-order chi connectivity index (χ1) is 6.65. The summed E-state index contributed by atoms with van der Waals surface area (Å²) in [6.07, 6.45) is 0.848. The minimum Gasteiger partial charge on any atom is -0.338 e. The highest BCUT2D eigenvalue weighted by Gasteiger charge is 2.11. The maximum absolute atomic E-state index is 10.9. The van der Waals surface area contributed by atoms with Gasteiger partial charge in [-0.15, -0.1) is 0 Å². The summed E-state index contributed by atoms with van der Waals surface area (Å²) in [5.41, 5.74) is 1.62. The number of hydrogen-bond acceptors (Lipinski definition) is 1. The van der Waals surface area contributed by atoms with E-state index >= 15 is 0 Å². The van der Waals surface area contributed by atoms with Gasteiger partial charge in [0.2, 0.25) is 0 Å². The number of aldehydes is 1. The summed E-state index contributed by atoms with van der Waals surface area (Å²) in [6, 6.07) is 5.48. The molecule has 0 bridgehead atoms. The van der Waals surface area contributed by atoms with Gasteiger partial charge in [-0.1, -0.05) is 17.7 Å². The van der Waals surface area contributed by atoms with Crippen LogP contribution < -0.4 is 0 Å². The number of benzene rings is 1. The molecule has 0 radical (unpaired) electrons. The number of aryl methyl sites for hydroxylation is 1. The minimum atomic E-state index is 0.666. The van der Waals surface area contributed by atoms with Crippen molar-refractivity contribution < 1.29 is 4.79 Å². The Morgan fingerprint density at radius 2 is 2.21 bits per heavy atom. The first-order valence-corrected chi connectivity index (χ1v) is 5.21. The molecular formula is C10H7BrClNO. The molecule has 1 aromatic heterocycles. The predicted molar refractivity (Wildman–Crippen MR) is 61.0 cm³/mol. The maximum Gasteiger partial charge on any atom is 0.153 e. The number of fused-ring (bicyclic) bond motifs is 1. The Labute approximate surface area is 94.6 Å². The quantitative estimate of drug-likeness (QED) is 0.729. The van der Waals surface area contributed by atoms with Crippen molar-refractivity contribution in [2.75, 3.05) is 0 Å². The number of carbonyl (C=O) groups excluding carboxylic acids is 1. The first-order valence-electron chi connectivity index (χ1n) is 4.03. The van der Waals surface area contributed by atoms with Crippen LogP contribution in [-0.2, 0) is 7.05 Å². The summed E-state index contributed by atoms with van der Waals surface area (Å²) in [5, 5.41) is 1.59. The van der Waals surface area contributed by atoms with Gasteiger partial charge in [-0.2, -0.15) is 0 Å². The van der Waals surface area contributed by atoms with Gasteiger partial charge in [0.15, 0.2) is 6.29 Å². The number of carbonyl (C=O) groups is 1. The van der Waals surface area contributed by atoms with Crippen molar-refractivity contribution in [1.29, 1.82) is 0 Å². The largest absolute Gasteiger partial charge is 0.338 e. The molecule has 0 N–H and O–H groups in total. The Balaban J connectivity index is 2.95. The Hall–Kier alpha value is -0.800. The average Bonchev–Trinajstić information content (AvgIpc) is 2.41. The van der Waals surface area contributed by atoms with E-state index in [0.717, 1.165) is 21.8 Å². The maximum atomic E-state index is 10.9. The zero-order chi connectivity index (χ0) is 10.3. The van der Waals surface area contributed by atoms with E-state index in [0.29, 0.717) is 10.6 Å². The molecule has 2 rings (SSSR count). The van der Waals surface area contributed by atoms with Crippen LogP contribution >= 0.6 is 27.5 Å². The lowest BCUT2D eigenvalue weighted by atomic mass is 10.2. The Kier molecular flexibility index (Phi) is 2.37. The molecular weight excluding hydrogens is 265 g/mol. The van der Waals surface area contributed by atoms with Crippen molar-refractivity contribution in [2.45, 2.75) is 0 Å².